The summed E-state index contributed by atoms with van der Waals surface area (Å²) in [6, 6.07) is 14.3. The number of ether oxygens (including phenoxy) is 1. The molecule has 1 fully saturated rings. The SMILES string of the molecule is COCCN(CC(=O)Nc1nc(CC(=O)N2CCC(n3c(=O)[nH]c4ccccc43)CC2)cs1)C(=O)c1ccccc1Cl. The smallest absolute Gasteiger partial charge is 0.326 e. The normalized spacial score (nSPS) is 13.8. The van der Waals surface area contributed by atoms with Crippen LogP contribution < -0.4 is 11.0 Å². The second-order valence-corrected chi connectivity index (χ2v) is 11.3. The maximum absolute atomic E-state index is 13.0. The highest BCUT2D eigenvalue weighted by molar-refractivity contribution is 7.13. The van der Waals surface area contributed by atoms with Gasteiger partial charge in [-0.05, 0) is 37.1 Å². The van der Waals surface area contributed by atoms with E-state index in [2.05, 4.69) is 15.3 Å². The number of likely N-dealkylation sites (tertiary alicyclic amines) is 1. The van der Waals surface area contributed by atoms with Gasteiger partial charge in [0.2, 0.25) is 11.8 Å². The third-order valence-electron chi connectivity index (χ3n) is 7.23. The van der Waals surface area contributed by atoms with Crippen molar-refractivity contribution in [3.8, 4) is 0 Å². The maximum atomic E-state index is 13.0. The fourth-order valence-electron chi connectivity index (χ4n) is 5.11. The Bertz CT molecular complexity index is 1640. The molecular formula is C29H31ClN6O5S. The predicted octanol–water partition coefficient (Wildman–Crippen LogP) is 3.57. The van der Waals surface area contributed by atoms with Gasteiger partial charge < -0.3 is 24.8 Å². The van der Waals surface area contributed by atoms with Gasteiger partial charge in [-0.2, -0.15) is 0 Å². The van der Waals surface area contributed by atoms with Gasteiger partial charge in [-0.25, -0.2) is 9.78 Å². The van der Waals surface area contributed by atoms with Gasteiger partial charge in [0.05, 0.1) is 40.3 Å². The van der Waals surface area contributed by atoms with Crippen molar-refractivity contribution >= 4 is 56.8 Å². The van der Waals surface area contributed by atoms with Gasteiger partial charge in [-0.3, -0.25) is 19.0 Å². The predicted molar refractivity (Wildman–Crippen MR) is 161 cm³/mol. The minimum Gasteiger partial charge on any atom is -0.383 e. The fraction of sp³-hybridized carbons (Fsp3) is 0.345. The summed E-state index contributed by atoms with van der Waals surface area (Å²) in [6.07, 6.45) is 1.46. The molecule has 5 rings (SSSR count). The Kier molecular flexibility index (Phi) is 9.35. The van der Waals surface area contributed by atoms with Crippen LogP contribution in [0, 0.1) is 0 Å². The number of imidazole rings is 1. The number of carbonyl (C=O) groups excluding carboxylic acids is 3. The van der Waals surface area contributed by atoms with E-state index in [-0.39, 0.29) is 49.7 Å². The van der Waals surface area contributed by atoms with Crippen molar-refractivity contribution < 1.29 is 19.1 Å². The summed E-state index contributed by atoms with van der Waals surface area (Å²) in [7, 11) is 1.52. The number of carbonyl (C=O) groups is 3. The van der Waals surface area contributed by atoms with E-state index < -0.39 is 5.91 Å². The number of nitrogens with one attached hydrogen (secondary N) is 2. The Morgan fingerprint density at radius 3 is 2.64 bits per heavy atom. The van der Waals surface area contributed by atoms with Crippen LogP contribution in [-0.2, 0) is 20.7 Å². The molecule has 1 aliphatic heterocycles. The lowest BCUT2D eigenvalue weighted by molar-refractivity contribution is -0.131. The van der Waals surface area contributed by atoms with Gasteiger partial charge in [0.15, 0.2) is 5.13 Å². The summed E-state index contributed by atoms with van der Waals surface area (Å²) >= 11 is 7.40. The Balaban J connectivity index is 1.14. The molecule has 0 saturated carbocycles. The van der Waals surface area contributed by atoms with E-state index in [1.165, 1.54) is 23.3 Å². The highest BCUT2D eigenvalue weighted by Gasteiger charge is 2.27. The first-order valence-corrected chi connectivity index (χ1v) is 14.8. The molecule has 3 heterocycles. The summed E-state index contributed by atoms with van der Waals surface area (Å²) in [4.78, 5) is 61.9. The molecule has 0 aliphatic carbocycles. The lowest BCUT2D eigenvalue weighted by atomic mass is 10.0. The minimum absolute atomic E-state index is 0.0204. The summed E-state index contributed by atoms with van der Waals surface area (Å²) in [5.74, 6) is -0.858. The van der Waals surface area contributed by atoms with E-state index in [1.54, 1.807) is 39.1 Å². The zero-order valence-electron chi connectivity index (χ0n) is 23.0. The van der Waals surface area contributed by atoms with Crippen molar-refractivity contribution in [2.24, 2.45) is 0 Å². The molecule has 4 aromatic rings. The van der Waals surface area contributed by atoms with Crippen LogP contribution in [0.4, 0.5) is 5.13 Å². The van der Waals surface area contributed by atoms with Crippen LogP contribution in [0.25, 0.3) is 11.0 Å². The van der Waals surface area contributed by atoms with Gasteiger partial charge in [-0.15, -0.1) is 11.3 Å². The van der Waals surface area contributed by atoms with E-state index >= 15 is 0 Å². The Hall–Kier alpha value is -4.00. The largest absolute Gasteiger partial charge is 0.383 e. The fourth-order valence-corrected chi connectivity index (χ4v) is 6.06. The van der Waals surface area contributed by atoms with Crippen molar-refractivity contribution in [3.05, 3.63) is 80.7 Å². The number of fused-ring (bicyclic) bond motifs is 1. The topological polar surface area (TPSA) is 130 Å². The maximum Gasteiger partial charge on any atom is 0.326 e. The Labute approximate surface area is 251 Å². The number of thiazole rings is 1. The van der Waals surface area contributed by atoms with Crippen molar-refractivity contribution in [1.29, 1.82) is 0 Å². The van der Waals surface area contributed by atoms with Crippen LogP contribution in [0.2, 0.25) is 5.02 Å². The molecule has 0 radical (unpaired) electrons. The third-order valence-corrected chi connectivity index (χ3v) is 8.36. The highest BCUT2D eigenvalue weighted by atomic mass is 35.5. The number of methoxy groups -OCH3 is 1. The monoisotopic (exact) mass is 610 g/mol. The Morgan fingerprint density at radius 2 is 1.88 bits per heavy atom. The molecule has 0 spiro atoms. The van der Waals surface area contributed by atoms with Crippen LogP contribution in [-0.4, -0.2) is 82.0 Å². The molecule has 220 valence electrons. The van der Waals surface area contributed by atoms with Crippen LogP contribution >= 0.6 is 22.9 Å². The van der Waals surface area contributed by atoms with Crippen molar-refractivity contribution in [2.45, 2.75) is 25.3 Å². The van der Waals surface area contributed by atoms with E-state index in [0.717, 1.165) is 11.0 Å². The molecule has 2 N–H and O–H groups in total. The minimum atomic E-state index is -0.423. The standard InChI is InChI=1S/C29H31ClN6O5S/c1-41-15-14-35(27(39)21-6-2-3-7-22(21)30)17-25(37)33-28-31-19(18-42-28)16-26(38)34-12-10-20(11-13-34)36-24-9-5-4-8-23(24)32-29(36)40/h2-9,18,20H,10-17H2,1H3,(H,32,40)(H,31,33,37). The van der Waals surface area contributed by atoms with E-state index in [1.807, 2.05) is 24.3 Å². The van der Waals surface area contributed by atoms with Crippen molar-refractivity contribution in [1.82, 2.24) is 24.3 Å². The van der Waals surface area contributed by atoms with Gasteiger partial charge in [-0.1, -0.05) is 35.9 Å². The number of hydrogen-bond donors (Lipinski definition) is 2. The molecule has 2 aromatic carbocycles. The molecule has 3 amide bonds. The lowest BCUT2D eigenvalue weighted by Gasteiger charge is -2.32. The second-order valence-electron chi connectivity index (χ2n) is 10.00. The van der Waals surface area contributed by atoms with E-state index in [4.69, 9.17) is 16.3 Å². The van der Waals surface area contributed by atoms with Gasteiger partial charge >= 0.3 is 5.69 Å². The van der Waals surface area contributed by atoms with Gasteiger partial charge in [0.1, 0.15) is 6.54 Å². The first kappa shape index (κ1) is 29.5. The molecular weight excluding hydrogens is 580 g/mol. The molecule has 42 heavy (non-hydrogen) atoms. The number of halogens is 1. The number of piperidine rings is 1. The lowest BCUT2D eigenvalue weighted by Crippen LogP contribution is -2.41. The van der Waals surface area contributed by atoms with Crippen LogP contribution in [0.1, 0.15) is 34.9 Å². The first-order valence-electron chi connectivity index (χ1n) is 13.6. The number of H-pyrrole nitrogens is 1. The zero-order valence-corrected chi connectivity index (χ0v) is 24.6. The van der Waals surface area contributed by atoms with E-state index in [9.17, 15) is 19.2 Å². The van der Waals surface area contributed by atoms with Crippen LogP contribution in [0.5, 0.6) is 0 Å². The molecule has 13 heteroatoms. The number of rotatable bonds is 10. The van der Waals surface area contributed by atoms with E-state index in [0.29, 0.717) is 47.3 Å². The highest BCUT2D eigenvalue weighted by Crippen LogP contribution is 2.26. The third kappa shape index (κ3) is 6.72. The number of aromatic nitrogens is 3. The first-order chi connectivity index (χ1) is 20.3. The molecule has 0 bridgehead atoms. The van der Waals surface area contributed by atoms with Crippen LogP contribution in [0.3, 0.4) is 0 Å². The van der Waals surface area contributed by atoms with Crippen LogP contribution in [0.15, 0.2) is 58.7 Å². The molecule has 1 saturated heterocycles. The average Bonchev–Trinajstić information content (AvgIpc) is 3.57. The zero-order chi connectivity index (χ0) is 29.6. The molecule has 0 unspecified atom stereocenters. The summed E-state index contributed by atoms with van der Waals surface area (Å²) in [5, 5.41) is 5.11. The van der Waals surface area contributed by atoms with Gasteiger partial charge in [0, 0.05) is 38.2 Å². The summed E-state index contributed by atoms with van der Waals surface area (Å²) in [5.41, 5.74) is 2.41. The number of benzene rings is 2. The van der Waals surface area contributed by atoms with Crippen molar-refractivity contribution in [2.75, 3.05) is 45.2 Å². The summed E-state index contributed by atoms with van der Waals surface area (Å²) < 4.78 is 6.90. The molecule has 1 aliphatic rings. The Morgan fingerprint density at radius 1 is 1.14 bits per heavy atom. The quantitative estimate of drug-likeness (QED) is 0.282. The number of anilines is 1. The number of hydrogen-bond acceptors (Lipinski definition) is 7. The second kappa shape index (κ2) is 13.3. The van der Waals surface area contributed by atoms with Crippen molar-refractivity contribution in [3.63, 3.8) is 0 Å². The molecule has 0 atom stereocenters. The summed E-state index contributed by atoms with van der Waals surface area (Å²) in [6.45, 7) is 1.33. The average molecular weight is 611 g/mol. The van der Waals surface area contributed by atoms with Gasteiger partial charge in [0.25, 0.3) is 5.91 Å². The number of nitrogens with zero attached hydrogens (tertiary/aromatic N) is 4. The molecule has 2 aromatic heterocycles. The number of para-hydroxylation sites is 2. The number of aromatic amines is 1. The number of amides is 3. The molecule has 11 nitrogen and oxygen atoms in total.